The van der Waals surface area contributed by atoms with Crippen LogP contribution in [0.15, 0.2) is 103 Å². The standard InChI is InChI=1S/C28H19N3O/c1-2-8-18(9-3-1)28-30-22-15-16-25-26(27(22)32-28)20-10-4-5-13-24(20)31(25)23-14-6-12-21-19(23)11-7-17-29-21/h1-17,28,30H. The minimum atomic E-state index is -0.194. The Bertz CT molecular complexity index is 1630. The molecule has 1 aliphatic heterocycles. The van der Waals surface area contributed by atoms with E-state index in [9.17, 15) is 0 Å². The Morgan fingerprint density at radius 3 is 2.50 bits per heavy atom. The van der Waals surface area contributed by atoms with Crippen LogP contribution in [0.25, 0.3) is 38.4 Å². The second-order valence-corrected chi connectivity index (χ2v) is 8.09. The van der Waals surface area contributed by atoms with Crippen LogP contribution in [-0.2, 0) is 0 Å². The molecule has 0 radical (unpaired) electrons. The molecule has 7 rings (SSSR count). The van der Waals surface area contributed by atoms with Gasteiger partial charge in [0.05, 0.1) is 33.3 Å². The van der Waals surface area contributed by atoms with E-state index in [0.717, 1.165) is 50.0 Å². The molecule has 4 nitrogen and oxygen atoms in total. The Hall–Kier alpha value is -4.31. The Morgan fingerprint density at radius 1 is 0.719 bits per heavy atom. The van der Waals surface area contributed by atoms with Crippen molar-refractivity contribution in [1.82, 2.24) is 9.55 Å². The van der Waals surface area contributed by atoms with Crippen molar-refractivity contribution in [3.8, 4) is 11.4 Å². The van der Waals surface area contributed by atoms with Gasteiger partial charge >= 0.3 is 0 Å². The van der Waals surface area contributed by atoms with Crippen LogP contribution in [0.4, 0.5) is 5.69 Å². The fourth-order valence-electron chi connectivity index (χ4n) is 4.87. The normalized spacial score (nSPS) is 15.1. The molecular formula is C28H19N3O. The first-order chi connectivity index (χ1) is 15.9. The third kappa shape index (κ3) is 2.41. The molecule has 0 aliphatic carbocycles. The molecule has 0 bridgehead atoms. The number of nitrogens with zero attached hydrogens (tertiary/aromatic N) is 2. The van der Waals surface area contributed by atoms with Gasteiger partial charge in [-0.05, 0) is 42.5 Å². The number of ether oxygens (including phenoxy) is 1. The molecule has 4 aromatic carbocycles. The molecule has 0 spiro atoms. The molecule has 1 N–H and O–H groups in total. The highest BCUT2D eigenvalue weighted by Gasteiger charge is 2.28. The second-order valence-electron chi connectivity index (χ2n) is 8.09. The van der Waals surface area contributed by atoms with E-state index in [0.29, 0.717) is 0 Å². The first kappa shape index (κ1) is 17.4. The van der Waals surface area contributed by atoms with E-state index < -0.39 is 0 Å². The molecule has 0 fully saturated rings. The number of hydrogen-bond acceptors (Lipinski definition) is 3. The number of para-hydroxylation sites is 1. The zero-order valence-electron chi connectivity index (χ0n) is 17.2. The van der Waals surface area contributed by atoms with E-state index >= 15 is 0 Å². The predicted molar refractivity (Wildman–Crippen MR) is 130 cm³/mol. The van der Waals surface area contributed by atoms with Crippen LogP contribution < -0.4 is 10.1 Å². The Kier molecular flexibility index (Phi) is 3.58. The number of anilines is 1. The van der Waals surface area contributed by atoms with Crippen molar-refractivity contribution in [3.05, 3.63) is 109 Å². The van der Waals surface area contributed by atoms with Gasteiger partial charge in [0.25, 0.3) is 0 Å². The summed E-state index contributed by atoms with van der Waals surface area (Å²) in [5.41, 5.74) is 6.51. The summed E-state index contributed by atoms with van der Waals surface area (Å²) in [6, 6.07) is 33.6. The van der Waals surface area contributed by atoms with Gasteiger partial charge in [0.15, 0.2) is 12.0 Å². The van der Waals surface area contributed by atoms with Crippen LogP contribution in [0.3, 0.4) is 0 Å². The van der Waals surface area contributed by atoms with Crippen LogP contribution in [0, 0.1) is 0 Å². The largest absolute Gasteiger partial charge is 0.464 e. The summed E-state index contributed by atoms with van der Waals surface area (Å²) in [4.78, 5) is 4.57. The Labute approximate surface area is 184 Å². The zero-order valence-corrected chi connectivity index (χ0v) is 17.2. The fourth-order valence-corrected chi connectivity index (χ4v) is 4.87. The zero-order chi connectivity index (χ0) is 21.1. The number of aromatic nitrogens is 2. The van der Waals surface area contributed by atoms with E-state index in [-0.39, 0.29) is 6.23 Å². The highest BCUT2D eigenvalue weighted by atomic mass is 16.5. The summed E-state index contributed by atoms with van der Waals surface area (Å²) in [6.07, 6.45) is 1.65. The van der Waals surface area contributed by atoms with Crippen molar-refractivity contribution < 1.29 is 4.74 Å². The molecular weight excluding hydrogens is 394 g/mol. The van der Waals surface area contributed by atoms with Gasteiger partial charge in [0.1, 0.15) is 0 Å². The van der Waals surface area contributed by atoms with Crippen LogP contribution in [0.2, 0.25) is 0 Å². The topological polar surface area (TPSA) is 39.1 Å². The lowest BCUT2D eigenvalue weighted by Gasteiger charge is -2.11. The van der Waals surface area contributed by atoms with Crippen molar-refractivity contribution in [2.75, 3.05) is 5.32 Å². The van der Waals surface area contributed by atoms with Gasteiger partial charge in [0.2, 0.25) is 0 Å². The molecule has 2 aromatic heterocycles. The van der Waals surface area contributed by atoms with Gasteiger partial charge in [0, 0.05) is 22.5 Å². The number of benzene rings is 4. The second kappa shape index (κ2) is 6.59. The lowest BCUT2D eigenvalue weighted by molar-refractivity contribution is 0.263. The van der Waals surface area contributed by atoms with Crippen molar-refractivity contribution in [1.29, 1.82) is 0 Å². The highest BCUT2D eigenvalue weighted by Crippen LogP contribution is 2.47. The summed E-state index contributed by atoms with van der Waals surface area (Å²) in [7, 11) is 0. The number of hydrogen-bond donors (Lipinski definition) is 1. The average molecular weight is 413 g/mol. The van der Waals surface area contributed by atoms with Crippen molar-refractivity contribution in [3.63, 3.8) is 0 Å². The molecule has 152 valence electrons. The summed E-state index contributed by atoms with van der Waals surface area (Å²) in [6.45, 7) is 0. The molecule has 1 atom stereocenters. The van der Waals surface area contributed by atoms with Crippen molar-refractivity contribution in [2.45, 2.75) is 6.23 Å². The summed E-state index contributed by atoms with van der Waals surface area (Å²) < 4.78 is 8.84. The number of fused-ring (bicyclic) bond motifs is 6. The molecule has 0 saturated heterocycles. The summed E-state index contributed by atoms with van der Waals surface area (Å²) in [5.74, 6) is 0.907. The first-order valence-corrected chi connectivity index (χ1v) is 10.8. The monoisotopic (exact) mass is 413 g/mol. The Balaban J connectivity index is 1.52. The fraction of sp³-hybridized carbons (Fsp3) is 0.0357. The van der Waals surface area contributed by atoms with E-state index in [1.54, 1.807) is 0 Å². The molecule has 0 amide bonds. The predicted octanol–water partition coefficient (Wildman–Crippen LogP) is 6.84. The van der Waals surface area contributed by atoms with Gasteiger partial charge in [-0.1, -0.05) is 54.6 Å². The number of rotatable bonds is 2. The Morgan fingerprint density at radius 2 is 1.56 bits per heavy atom. The van der Waals surface area contributed by atoms with Gasteiger partial charge in [-0.2, -0.15) is 0 Å². The molecule has 4 heteroatoms. The van der Waals surface area contributed by atoms with Gasteiger partial charge in [-0.15, -0.1) is 0 Å². The smallest absolute Gasteiger partial charge is 0.196 e. The van der Waals surface area contributed by atoms with E-state index in [1.165, 1.54) is 5.39 Å². The van der Waals surface area contributed by atoms with Gasteiger partial charge < -0.3 is 14.6 Å². The van der Waals surface area contributed by atoms with E-state index in [2.05, 4.69) is 87.7 Å². The van der Waals surface area contributed by atoms with E-state index in [4.69, 9.17) is 4.74 Å². The SMILES string of the molecule is c1ccc(C2Nc3ccc4c(c3O2)c2ccccc2n4-c2cccc3ncccc23)cc1. The van der Waals surface area contributed by atoms with Crippen LogP contribution in [-0.4, -0.2) is 9.55 Å². The van der Waals surface area contributed by atoms with Crippen LogP contribution >= 0.6 is 0 Å². The van der Waals surface area contributed by atoms with Gasteiger partial charge in [-0.25, -0.2) is 0 Å². The van der Waals surface area contributed by atoms with Gasteiger partial charge in [-0.3, -0.25) is 4.98 Å². The highest BCUT2D eigenvalue weighted by molar-refractivity contribution is 6.15. The van der Waals surface area contributed by atoms with E-state index in [1.807, 2.05) is 30.5 Å². The molecule has 1 aliphatic rings. The third-order valence-corrected chi connectivity index (χ3v) is 6.28. The average Bonchev–Trinajstić information content (AvgIpc) is 3.43. The van der Waals surface area contributed by atoms with Crippen LogP contribution in [0.1, 0.15) is 11.8 Å². The first-order valence-electron chi connectivity index (χ1n) is 10.8. The van der Waals surface area contributed by atoms with Crippen LogP contribution in [0.5, 0.6) is 5.75 Å². The quantitative estimate of drug-likeness (QED) is 0.338. The van der Waals surface area contributed by atoms with Crippen molar-refractivity contribution >= 4 is 38.4 Å². The molecule has 3 heterocycles. The summed E-state index contributed by atoms with van der Waals surface area (Å²) in [5, 5.41) is 6.98. The summed E-state index contributed by atoms with van der Waals surface area (Å²) >= 11 is 0. The van der Waals surface area contributed by atoms with Crippen molar-refractivity contribution in [2.24, 2.45) is 0 Å². The molecule has 0 saturated carbocycles. The molecule has 6 aromatic rings. The maximum absolute atomic E-state index is 6.51. The third-order valence-electron chi connectivity index (χ3n) is 6.28. The minimum absolute atomic E-state index is 0.194. The number of nitrogens with one attached hydrogen (secondary N) is 1. The lowest BCUT2D eigenvalue weighted by Crippen LogP contribution is -2.09. The number of pyridine rings is 1. The molecule has 1 unspecified atom stereocenters. The molecule has 32 heavy (non-hydrogen) atoms. The maximum atomic E-state index is 6.51. The minimum Gasteiger partial charge on any atom is -0.464 e. The lowest BCUT2D eigenvalue weighted by atomic mass is 10.1. The maximum Gasteiger partial charge on any atom is 0.196 e.